The minimum Gasteiger partial charge on any atom is -0.477 e. The molecule has 0 aliphatic rings. The van der Waals surface area contributed by atoms with Gasteiger partial charge in [-0.15, -0.1) is 5.10 Å². The van der Waals surface area contributed by atoms with E-state index in [1.165, 1.54) is 18.3 Å². The van der Waals surface area contributed by atoms with E-state index >= 15 is 0 Å². The van der Waals surface area contributed by atoms with Crippen molar-refractivity contribution in [3.05, 3.63) is 30.1 Å². The molecule has 2 N–H and O–H groups in total. The summed E-state index contributed by atoms with van der Waals surface area (Å²) in [5.41, 5.74) is 4.85. The largest absolute Gasteiger partial charge is 0.477 e. The minimum atomic E-state index is -4.55. The SMILES string of the molecule is CCOc1cc(C(F)(F)F)n(-c2ccc(N)cn2)n1. The van der Waals surface area contributed by atoms with E-state index in [0.717, 1.165) is 6.07 Å². The number of ether oxygens (including phenoxy) is 1. The van der Waals surface area contributed by atoms with Crippen molar-refractivity contribution in [3.63, 3.8) is 0 Å². The molecule has 8 heteroatoms. The highest BCUT2D eigenvalue weighted by molar-refractivity contribution is 5.39. The van der Waals surface area contributed by atoms with E-state index in [0.29, 0.717) is 10.4 Å². The van der Waals surface area contributed by atoms with Gasteiger partial charge < -0.3 is 10.5 Å². The van der Waals surface area contributed by atoms with Gasteiger partial charge in [0, 0.05) is 6.07 Å². The summed E-state index contributed by atoms with van der Waals surface area (Å²) in [6, 6.07) is 3.64. The fourth-order valence-corrected chi connectivity index (χ4v) is 1.48. The predicted octanol–water partition coefficient (Wildman–Crippen LogP) is 2.27. The van der Waals surface area contributed by atoms with Gasteiger partial charge in [-0.1, -0.05) is 0 Å². The molecule has 2 aromatic rings. The molecule has 19 heavy (non-hydrogen) atoms. The number of hydrogen-bond acceptors (Lipinski definition) is 4. The fraction of sp³-hybridized carbons (Fsp3) is 0.273. The van der Waals surface area contributed by atoms with E-state index in [1.54, 1.807) is 6.92 Å². The topological polar surface area (TPSA) is 66.0 Å². The molecular weight excluding hydrogens is 261 g/mol. The number of nitrogen functional groups attached to an aromatic ring is 1. The molecule has 0 spiro atoms. The highest BCUT2D eigenvalue weighted by atomic mass is 19.4. The molecule has 0 atom stereocenters. The number of hydrogen-bond donors (Lipinski definition) is 1. The molecule has 2 rings (SSSR count). The van der Waals surface area contributed by atoms with Crippen LogP contribution in [0.15, 0.2) is 24.4 Å². The number of rotatable bonds is 3. The van der Waals surface area contributed by atoms with Crippen LogP contribution in [0.25, 0.3) is 5.82 Å². The van der Waals surface area contributed by atoms with Crippen LogP contribution in [0.4, 0.5) is 18.9 Å². The van der Waals surface area contributed by atoms with Crippen molar-refractivity contribution in [2.45, 2.75) is 13.1 Å². The number of nitrogens with two attached hydrogens (primary N) is 1. The van der Waals surface area contributed by atoms with E-state index in [4.69, 9.17) is 10.5 Å². The highest BCUT2D eigenvalue weighted by Gasteiger charge is 2.37. The maximum Gasteiger partial charge on any atom is 0.433 e. The second kappa shape index (κ2) is 4.79. The minimum absolute atomic E-state index is 0.0208. The number of halogens is 3. The Morgan fingerprint density at radius 1 is 1.37 bits per heavy atom. The normalized spacial score (nSPS) is 11.6. The molecule has 0 unspecified atom stereocenters. The summed E-state index contributed by atoms with van der Waals surface area (Å²) in [6.07, 6.45) is -3.29. The molecule has 102 valence electrons. The molecule has 0 aliphatic carbocycles. The number of alkyl halides is 3. The average molecular weight is 272 g/mol. The van der Waals surface area contributed by atoms with Crippen LogP contribution < -0.4 is 10.5 Å². The average Bonchev–Trinajstić information content (AvgIpc) is 2.74. The quantitative estimate of drug-likeness (QED) is 0.930. The van der Waals surface area contributed by atoms with Crippen molar-refractivity contribution >= 4 is 5.69 Å². The lowest BCUT2D eigenvalue weighted by atomic mass is 10.4. The molecule has 2 aromatic heterocycles. The van der Waals surface area contributed by atoms with Crippen LogP contribution in [0.2, 0.25) is 0 Å². The van der Waals surface area contributed by atoms with E-state index < -0.39 is 11.9 Å². The van der Waals surface area contributed by atoms with E-state index in [-0.39, 0.29) is 18.3 Å². The second-order valence-electron chi connectivity index (χ2n) is 3.66. The zero-order chi connectivity index (χ0) is 14.0. The zero-order valence-electron chi connectivity index (χ0n) is 9.98. The molecule has 5 nitrogen and oxygen atoms in total. The number of nitrogens with zero attached hydrogens (tertiary/aromatic N) is 3. The molecule has 0 aliphatic heterocycles. The van der Waals surface area contributed by atoms with Crippen molar-refractivity contribution < 1.29 is 17.9 Å². The van der Waals surface area contributed by atoms with Crippen molar-refractivity contribution in [3.8, 4) is 11.7 Å². The van der Waals surface area contributed by atoms with Gasteiger partial charge in [0.25, 0.3) is 0 Å². The van der Waals surface area contributed by atoms with Crippen LogP contribution in [0.5, 0.6) is 5.88 Å². The van der Waals surface area contributed by atoms with Gasteiger partial charge in [0.1, 0.15) is 0 Å². The van der Waals surface area contributed by atoms with Gasteiger partial charge in [-0.05, 0) is 19.1 Å². The molecule has 0 saturated carbocycles. The maximum absolute atomic E-state index is 12.9. The first-order chi connectivity index (χ1) is 8.91. The number of aromatic nitrogens is 3. The molecule has 0 radical (unpaired) electrons. The van der Waals surface area contributed by atoms with Gasteiger partial charge >= 0.3 is 6.18 Å². The van der Waals surface area contributed by atoms with Crippen molar-refractivity contribution in [2.75, 3.05) is 12.3 Å². The Hall–Kier alpha value is -2.25. The summed E-state index contributed by atoms with van der Waals surface area (Å²) < 4.78 is 44.4. The highest BCUT2D eigenvalue weighted by Crippen LogP contribution is 2.33. The van der Waals surface area contributed by atoms with Crippen LogP contribution in [-0.4, -0.2) is 21.4 Å². The first-order valence-electron chi connectivity index (χ1n) is 5.43. The summed E-state index contributed by atoms with van der Waals surface area (Å²) >= 11 is 0. The lowest BCUT2D eigenvalue weighted by Gasteiger charge is -2.08. The van der Waals surface area contributed by atoms with Gasteiger partial charge in [-0.3, -0.25) is 0 Å². The molecule has 0 fully saturated rings. The fourth-order valence-electron chi connectivity index (χ4n) is 1.48. The van der Waals surface area contributed by atoms with Crippen LogP contribution in [0.3, 0.4) is 0 Å². The number of anilines is 1. The summed E-state index contributed by atoms with van der Waals surface area (Å²) in [5.74, 6) is -0.0825. The van der Waals surface area contributed by atoms with Gasteiger partial charge in [-0.25, -0.2) is 9.67 Å². The predicted molar refractivity (Wildman–Crippen MR) is 61.9 cm³/mol. The van der Waals surface area contributed by atoms with Crippen LogP contribution in [0.1, 0.15) is 12.6 Å². The monoisotopic (exact) mass is 272 g/mol. The number of pyridine rings is 1. The summed E-state index contributed by atoms with van der Waals surface area (Å²) in [6.45, 7) is 1.89. The third-order valence-electron chi connectivity index (χ3n) is 2.26. The van der Waals surface area contributed by atoms with E-state index in [9.17, 15) is 13.2 Å². The van der Waals surface area contributed by atoms with Gasteiger partial charge in [0.2, 0.25) is 5.88 Å². The van der Waals surface area contributed by atoms with Crippen LogP contribution in [-0.2, 0) is 6.18 Å². The Bertz CT molecular complexity index is 562. The lowest BCUT2D eigenvalue weighted by Crippen LogP contribution is -2.14. The lowest BCUT2D eigenvalue weighted by molar-refractivity contribution is -0.142. The first-order valence-corrected chi connectivity index (χ1v) is 5.43. The van der Waals surface area contributed by atoms with E-state index in [2.05, 4.69) is 10.1 Å². The third-order valence-corrected chi connectivity index (χ3v) is 2.26. The summed E-state index contributed by atoms with van der Waals surface area (Å²) in [5, 5.41) is 3.74. The molecule has 0 saturated heterocycles. The molecule has 0 aromatic carbocycles. The molecule has 0 amide bonds. The Balaban J connectivity index is 2.51. The molecular formula is C11H11F3N4O. The maximum atomic E-state index is 12.9. The standard InChI is InChI=1S/C11H11F3N4O/c1-2-19-10-5-8(11(12,13)14)18(17-10)9-4-3-7(15)6-16-9/h3-6H,2,15H2,1H3. The Morgan fingerprint density at radius 2 is 2.11 bits per heavy atom. The summed E-state index contributed by atoms with van der Waals surface area (Å²) in [7, 11) is 0. The van der Waals surface area contributed by atoms with Gasteiger partial charge in [0.05, 0.1) is 18.5 Å². The Labute approximate surface area is 106 Å². The van der Waals surface area contributed by atoms with Gasteiger partial charge in [0.15, 0.2) is 11.5 Å². The first kappa shape index (κ1) is 13.2. The summed E-state index contributed by atoms with van der Waals surface area (Å²) in [4.78, 5) is 3.82. The van der Waals surface area contributed by atoms with Crippen LogP contribution in [0, 0.1) is 0 Å². The van der Waals surface area contributed by atoms with Crippen molar-refractivity contribution in [1.82, 2.24) is 14.8 Å². The third kappa shape index (κ3) is 2.78. The smallest absolute Gasteiger partial charge is 0.433 e. The Kier molecular flexibility index (Phi) is 3.32. The zero-order valence-corrected chi connectivity index (χ0v) is 9.98. The van der Waals surface area contributed by atoms with Gasteiger partial charge in [-0.2, -0.15) is 13.2 Å². The van der Waals surface area contributed by atoms with Crippen LogP contribution >= 0.6 is 0 Å². The van der Waals surface area contributed by atoms with Crippen molar-refractivity contribution in [1.29, 1.82) is 0 Å². The van der Waals surface area contributed by atoms with Crippen molar-refractivity contribution in [2.24, 2.45) is 0 Å². The Morgan fingerprint density at radius 3 is 2.63 bits per heavy atom. The molecule has 2 heterocycles. The van der Waals surface area contributed by atoms with E-state index in [1.807, 2.05) is 0 Å². The molecule has 0 bridgehead atoms. The second-order valence-corrected chi connectivity index (χ2v) is 3.66.